The number of nitrogens with one attached hydrogen (secondary N) is 2. The van der Waals surface area contributed by atoms with Gasteiger partial charge in [-0.05, 0) is 82.3 Å². The molecule has 37 heavy (non-hydrogen) atoms. The van der Waals surface area contributed by atoms with Crippen molar-refractivity contribution in [2.75, 3.05) is 32.0 Å². The highest BCUT2D eigenvalue weighted by Gasteiger charge is 2.31. The number of hydrogen-bond donors (Lipinski definition) is 2. The van der Waals surface area contributed by atoms with Crippen LogP contribution in [-0.2, 0) is 0 Å². The summed E-state index contributed by atoms with van der Waals surface area (Å²) in [6.07, 6.45) is 9.95. The average Bonchev–Trinajstić information content (AvgIpc) is 3.57. The van der Waals surface area contributed by atoms with Crippen LogP contribution < -0.4 is 10.6 Å². The Kier molecular flexibility index (Phi) is 10.5. The van der Waals surface area contributed by atoms with Crippen molar-refractivity contribution in [3.05, 3.63) is 41.0 Å². The maximum Gasteiger partial charge on any atom is 0.252 e. The van der Waals surface area contributed by atoms with Crippen LogP contribution >= 0.6 is 47.8 Å². The van der Waals surface area contributed by atoms with Gasteiger partial charge in [0.25, 0.3) is 5.91 Å². The molecule has 0 radical (unpaired) electrons. The van der Waals surface area contributed by atoms with E-state index >= 15 is 0 Å². The first kappa shape index (κ1) is 29.9. The Labute approximate surface area is 240 Å². The number of nitrogens with zero attached hydrogens (tertiary/aromatic N) is 3. The van der Waals surface area contributed by atoms with Gasteiger partial charge in [0.05, 0.1) is 16.1 Å². The van der Waals surface area contributed by atoms with E-state index in [1.807, 2.05) is 24.3 Å². The summed E-state index contributed by atoms with van der Waals surface area (Å²) < 4.78 is 1.05. The monoisotopic (exact) mass is 583 g/mol. The van der Waals surface area contributed by atoms with Gasteiger partial charge in [-0.3, -0.25) is 4.79 Å². The molecule has 6 nitrogen and oxygen atoms in total. The Morgan fingerprint density at radius 2 is 2.00 bits per heavy atom. The molecule has 0 atom stereocenters. The fraction of sp³-hybridized carbons (Fsp3) is 0.519. The summed E-state index contributed by atoms with van der Waals surface area (Å²) in [6.45, 7) is 5.57. The normalized spacial score (nSPS) is 17.1. The van der Waals surface area contributed by atoms with E-state index in [1.54, 1.807) is 17.5 Å². The second-order valence-corrected chi connectivity index (χ2v) is 11.6. The number of carbonyl (C=O) groups excluding carboxylic acids is 1. The molecule has 1 saturated heterocycles. The molecule has 0 spiro atoms. The topological polar surface area (TPSA) is 70.1 Å². The lowest BCUT2D eigenvalue weighted by Crippen LogP contribution is -2.37. The Hall–Kier alpha value is -1.64. The smallest absolute Gasteiger partial charge is 0.252 e. The van der Waals surface area contributed by atoms with Crippen molar-refractivity contribution in [3.63, 3.8) is 0 Å². The van der Waals surface area contributed by atoms with Gasteiger partial charge >= 0.3 is 0 Å². The SMILES string of the molecule is CCC1(CCCNc2ncc(Cl)c(-c3cc4c(C(=O)NC5CC5)cccc4s3)n2)CCN(C)CC1.Cl.Cl. The highest BCUT2D eigenvalue weighted by Crippen LogP contribution is 2.39. The Bertz CT molecular complexity index is 1210. The standard InChI is InChI=1S/C27H34ClN5OS.2ClH/c1-3-27(11-14-33(2)15-12-27)10-5-13-29-26-30-17-21(28)24(32-26)23-16-20-19(6-4-7-22(20)35-23)25(34)31-18-8-9-18;;/h4,6-7,16-18H,3,5,8-15H2,1-2H3,(H,31,34)(H,29,30,32);2*1H. The van der Waals surface area contributed by atoms with E-state index in [-0.39, 0.29) is 30.7 Å². The van der Waals surface area contributed by atoms with Gasteiger partial charge in [-0.15, -0.1) is 36.2 Å². The van der Waals surface area contributed by atoms with E-state index in [2.05, 4.69) is 34.5 Å². The summed E-state index contributed by atoms with van der Waals surface area (Å²) in [4.78, 5) is 25.3. The highest BCUT2D eigenvalue weighted by atomic mass is 35.5. The molecule has 1 aliphatic carbocycles. The molecule has 2 aliphatic rings. The molecule has 5 rings (SSSR count). The molecule has 2 fully saturated rings. The van der Waals surface area contributed by atoms with Crippen LogP contribution in [0.25, 0.3) is 20.7 Å². The number of amides is 1. The molecule has 1 amide bonds. The molecule has 1 aliphatic heterocycles. The lowest BCUT2D eigenvalue weighted by molar-refractivity contribution is 0.0952. The minimum atomic E-state index is -0.00643. The molecule has 1 saturated carbocycles. The molecule has 0 unspecified atom stereocenters. The Morgan fingerprint density at radius 3 is 2.70 bits per heavy atom. The minimum Gasteiger partial charge on any atom is -0.354 e. The number of halogens is 3. The van der Waals surface area contributed by atoms with Gasteiger partial charge in [0.2, 0.25) is 5.95 Å². The quantitative estimate of drug-likeness (QED) is 0.264. The van der Waals surface area contributed by atoms with Crippen molar-refractivity contribution in [2.45, 2.75) is 57.9 Å². The Morgan fingerprint density at radius 1 is 1.24 bits per heavy atom. The van der Waals surface area contributed by atoms with Crippen molar-refractivity contribution in [2.24, 2.45) is 5.41 Å². The number of aromatic nitrogens is 2. The fourth-order valence-corrected chi connectivity index (χ4v) is 6.37. The highest BCUT2D eigenvalue weighted by molar-refractivity contribution is 7.22. The number of carbonyl (C=O) groups is 1. The van der Waals surface area contributed by atoms with E-state index < -0.39 is 0 Å². The number of hydrogen-bond acceptors (Lipinski definition) is 6. The number of piperidine rings is 1. The summed E-state index contributed by atoms with van der Waals surface area (Å²) in [7, 11) is 2.22. The molecule has 2 N–H and O–H groups in total. The summed E-state index contributed by atoms with van der Waals surface area (Å²) in [6, 6.07) is 8.22. The van der Waals surface area contributed by atoms with Gasteiger partial charge in [0.15, 0.2) is 0 Å². The second kappa shape index (κ2) is 12.9. The third-order valence-corrected chi connectivity index (χ3v) is 9.04. The van der Waals surface area contributed by atoms with Gasteiger partial charge < -0.3 is 15.5 Å². The average molecular weight is 585 g/mol. The number of anilines is 1. The van der Waals surface area contributed by atoms with Gasteiger partial charge in [-0.1, -0.05) is 31.0 Å². The van der Waals surface area contributed by atoms with Gasteiger partial charge in [0.1, 0.15) is 5.69 Å². The number of benzene rings is 1. The van der Waals surface area contributed by atoms with Crippen LogP contribution in [0.15, 0.2) is 30.5 Å². The number of thiophene rings is 1. The zero-order valence-corrected chi connectivity index (χ0v) is 24.6. The van der Waals surface area contributed by atoms with Crippen LogP contribution in [0, 0.1) is 5.41 Å². The van der Waals surface area contributed by atoms with Crippen LogP contribution in [0.5, 0.6) is 0 Å². The van der Waals surface area contributed by atoms with Crippen LogP contribution in [0.4, 0.5) is 5.95 Å². The molecule has 0 bridgehead atoms. The number of fused-ring (bicyclic) bond motifs is 1. The molecule has 202 valence electrons. The van der Waals surface area contributed by atoms with Crippen molar-refractivity contribution in [1.29, 1.82) is 0 Å². The molecule has 2 aromatic heterocycles. The molecular formula is C27H36Cl3N5OS. The minimum absolute atomic E-state index is 0. The van der Waals surface area contributed by atoms with E-state index in [1.165, 1.54) is 38.8 Å². The first-order valence-electron chi connectivity index (χ1n) is 12.8. The predicted octanol–water partition coefficient (Wildman–Crippen LogP) is 7.06. The maximum absolute atomic E-state index is 12.7. The summed E-state index contributed by atoms with van der Waals surface area (Å²) in [5.74, 6) is 0.593. The molecule has 10 heteroatoms. The van der Waals surface area contributed by atoms with Crippen molar-refractivity contribution < 1.29 is 4.79 Å². The molecular weight excluding hydrogens is 549 g/mol. The van der Waals surface area contributed by atoms with Crippen molar-refractivity contribution in [1.82, 2.24) is 20.2 Å². The van der Waals surface area contributed by atoms with Crippen LogP contribution in [0.1, 0.15) is 62.2 Å². The van der Waals surface area contributed by atoms with Crippen molar-refractivity contribution >= 4 is 69.7 Å². The number of likely N-dealkylation sites (tertiary alicyclic amines) is 1. The first-order chi connectivity index (χ1) is 17.0. The zero-order valence-electron chi connectivity index (χ0n) is 21.4. The van der Waals surface area contributed by atoms with Crippen molar-refractivity contribution in [3.8, 4) is 10.6 Å². The maximum atomic E-state index is 12.7. The third-order valence-electron chi connectivity index (χ3n) is 7.66. The van der Waals surface area contributed by atoms with Gasteiger partial charge in [-0.25, -0.2) is 9.97 Å². The van der Waals surface area contributed by atoms with E-state index in [9.17, 15) is 4.79 Å². The summed E-state index contributed by atoms with van der Waals surface area (Å²) in [5.41, 5.74) is 1.89. The number of rotatable bonds is 9. The molecule has 3 heterocycles. The van der Waals surface area contributed by atoms with Crippen LogP contribution in [0.2, 0.25) is 5.02 Å². The second-order valence-electron chi connectivity index (χ2n) is 10.2. The largest absolute Gasteiger partial charge is 0.354 e. The van der Waals surface area contributed by atoms with E-state index in [0.29, 0.717) is 33.7 Å². The van der Waals surface area contributed by atoms with E-state index in [0.717, 1.165) is 40.8 Å². The van der Waals surface area contributed by atoms with Gasteiger partial charge in [-0.2, -0.15) is 0 Å². The molecule has 3 aromatic rings. The first-order valence-corrected chi connectivity index (χ1v) is 13.9. The van der Waals surface area contributed by atoms with E-state index in [4.69, 9.17) is 16.6 Å². The van der Waals surface area contributed by atoms with Crippen LogP contribution in [0.3, 0.4) is 0 Å². The fourth-order valence-electron chi connectivity index (χ4n) is 5.03. The predicted molar refractivity (Wildman–Crippen MR) is 160 cm³/mol. The third kappa shape index (κ3) is 7.07. The molecule has 1 aromatic carbocycles. The lowest BCUT2D eigenvalue weighted by atomic mass is 9.73. The lowest BCUT2D eigenvalue weighted by Gasteiger charge is -2.40. The summed E-state index contributed by atoms with van der Waals surface area (Å²) in [5, 5.41) is 7.97. The Balaban J connectivity index is 0.00000190. The van der Waals surface area contributed by atoms with Crippen LogP contribution in [-0.4, -0.2) is 53.5 Å². The summed E-state index contributed by atoms with van der Waals surface area (Å²) >= 11 is 8.12. The van der Waals surface area contributed by atoms with Gasteiger partial charge in [0, 0.05) is 28.2 Å². The zero-order chi connectivity index (χ0) is 24.4.